The van der Waals surface area contributed by atoms with Crippen LogP contribution in [0.5, 0.6) is 11.5 Å². The molecule has 2 aromatic carbocycles. The van der Waals surface area contributed by atoms with E-state index in [1.165, 1.54) is 0 Å². The smallest absolute Gasteiger partial charge is 0.133 e. The number of benzene rings is 2. The van der Waals surface area contributed by atoms with Gasteiger partial charge in [-0.25, -0.2) is 0 Å². The monoisotopic (exact) mass is 383 g/mol. The molecule has 4 heteroatoms. The van der Waals surface area contributed by atoms with Crippen molar-refractivity contribution in [2.45, 2.75) is 44.6 Å². The van der Waals surface area contributed by atoms with E-state index in [4.69, 9.17) is 9.47 Å². The molecule has 1 aliphatic heterocycles. The zero-order valence-electron chi connectivity index (χ0n) is 17.1. The highest BCUT2D eigenvalue weighted by atomic mass is 16.5. The van der Waals surface area contributed by atoms with Gasteiger partial charge in [-0.2, -0.15) is 0 Å². The van der Waals surface area contributed by atoms with Crippen LogP contribution in [-0.4, -0.2) is 31.9 Å². The predicted molar refractivity (Wildman–Crippen MR) is 113 cm³/mol. The Kier molecular flexibility index (Phi) is 7.49. The molecule has 2 N–H and O–H groups in total. The molecule has 1 fully saturated rings. The molecule has 2 atom stereocenters. The first kappa shape index (κ1) is 20.8. The van der Waals surface area contributed by atoms with Crippen LogP contribution in [0.2, 0.25) is 0 Å². The molecule has 0 aromatic heterocycles. The van der Waals surface area contributed by atoms with Gasteiger partial charge in [0.15, 0.2) is 0 Å². The van der Waals surface area contributed by atoms with Gasteiger partial charge in [0.05, 0.1) is 5.60 Å². The van der Waals surface area contributed by atoms with Crippen LogP contribution in [0.4, 0.5) is 0 Å². The van der Waals surface area contributed by atoms with E-state index in [9.17, 15) is 5.11 Å². The van der Waals surface area contributed by atoms with Crippen LogP contribution in [0.25, 0.3) is 0 Å². The lowest BCUT2D eigenvalue weighted by Gasteiger charge is -2.40. The Morgan fingerprint density at radius 1 is 1.07 bits per heavy atom. The Hall–Kier alpha value is -1.88. The highest BCUT2D eigenvalue weighted by molar-refractivity contribution is 5.43. The van der Waals surface area contributed by atoms with Crippen molar-refractivity contribution in [1.29, 1.82) is 0 Å². The van der Waals surface area contributed by atoms with Gasteiger partial charge in [-0.05, 0) is 63.3 Å². The zero-order valence-corrected chi connectivity index (χ0v) is 17.1. The average Bonchev–Trinajstić information content (AvgIpc) is 2.74. The maximum Gasteiger partial charge on any atom is 0.133 e. The Balaban J connectivity index is 1.91. The minimum absolute atomic E-state index is 0.172. The molecule has 1 heterocycles. The molecule has 3 rings (SSSR count). The fraction of sp³-hybridized carbons (Fsp3) is 0.500. The SMILES string of the molecule is COCCCCC(O)(c1ccccc1Oc1ccccc1C)C1CCCNC1. The lowest BCUT2D eigenvalue weighted by molar-refractivity contribution is -0.0447. The van der Waals surface area contributed by atoms with E-state index in [1.807, 2.05) is 55.5 Å². The summed E-state index contributed by atoms with van der Waals surface area (Å²) in [5.74, 6) is 1.75. The van der Waals surface area contributed by atoms with Crippen molar-refractivity contribution in [3.8, 4) is 11.5 Å². The number of rotatable bonds is 9. The molecule has 2 aromatic rings. The van der Waals surface area contributed by atoms with Crippen molar-refractivity contribution in [2.24, 2.45) is 5.92 Å². The number of piperidine rings is 1. The van der Waals surface area contributed by atoms with Gasteiger partial charge in [0, 0.05) is 31.7 Å². The van der Waals surface area contributed by atoms with Crippen molar-refractivity contribution in [3.63, 3.8) is 0 Å². The number of methoxy groups -OCH3 is 1. The second kappa shape index (κ2) is 10.1. The molecular weight excluding hydrogens is 350 g/mol. The lowest BCUT2D eigenvalue weighted by Crippen LogP contribution is -2.44. The highest BCUT2D eigenvalue weighted by Crippen LogP contribution is 2.43. The standard InChI is InChI=1S/C24H33NO3/c1-19-10-3-5-13-22(19)28-23-14-6-4-12-21(23)24(26,15-7-8-17-27-2)20-11-9-16-25-18-20/h3-6,10,12-14,20,25-26H,7-9,11,15-18H2,1-2H3. The molecule has 0 bridgehead atoms. The van der Waals surface area contributed by atoms with E-state index >= 15 is 0 Å². The quantitative estimate of drug-likeness (QED) is 0.611. The summed E-state index contributed by atoms with van der Waals surface area (Å²) in [7, 11) is 1.72. The summed E-state index contributed by atoms with van der Waals surface area (Å²) >= 11 is 0. The van der Waals surface area contributed by atoms with E-state index in [1.54, 1.807) is 7.11 Å². The molecule has 1 saturated heterocycles. The van der Waals surface area contributed by atoms with Crippen molar-refractivity contribution >= 4 is 0 Å². The summed E-state index contributed by atoms with van der Waals surface area (Å²) in [5.41, 5.74) is 1.06. The Labute approximate surface area is 168 Å². The van der Waals surface area contributed by atoms with Crippen LogP contribution in [0.15, 0.2) is 48.5 Å². The van der Waals surface area contributed by atoms with Crippen LogP contribution in [0.3, 0.4) is 0 Å². The topological polar surface area (TPSA) is 50.7 Å². The van der Waals surface area contributed by atoms with E-state index in [-0.39, 0.29) is 5.92 Å². The number of hydrogen-bond acceptors (Lipinski definition) is 4. The van der Waals surface area contributed by atoms with Crippen molar-refractivity contribution in [1.82, 2.24) is 5.32 Å². The second-order valence-corrected chi connectivity index (χ2v) is 7.78. The first-order valence-electron chi connectivity index (χ1n) is 10.4. The number of aliphatic hydroxyl groups is 1. The summed E-state index contributed by atoms with van der Waals surface area (Å²) in [6.07, 6.45) is 4.68. The van der Waals surface area contributed by atoms with E-state index in [2.05, 4.69) is 5.32 Å². The van der Waals surface area contributed by atoms with Gasteiger partial charge in [-0.1, -0.05) is 36.4 Å². The van der Waals surface area contributed by atoms with E-state index in [0.29, 0.717) is 6.42 Å². The number of para-hydroxylation sites is 2. The number of unbranched alkanes of at least 4 members (excludes halogenated alkanes) is 1. The zero-order chi connectivity index (χ0) is 19.8. The van der Waals surface area contributed by atoms with Gasteiger partial charge in [0.1, 0.15) is 11.5 Å². The molecule has 0 amide bonds. The normalized spacial score (nSPS) is 19.2. The van der Waals surface area contributed by atoms with Gasteiger partial charge in [-0.15, -0.1) is 0 Å². The molecule has 0 spiro atoms. The van der Waals surface area contributed by atoms with Gasteiger partial charge >= 0.3 is 0 Å². The summed E-state index contributed by atoms with van der Waals surface area (Å²) in [6.45, 7) is 4.62. The third-order valence-corrected chi connectivity index (χ3v) is 5.80. The van der Waals surface area contributed by atoms with Crippen molar-refractivity contribution in [3.05, 3.63) is 59.7 Å². The van der Waals surface area contributed by atoms with Crippen LogP contribution < -0.4 is 10.1 Å². The summed E-state index contributed by atoms with van der Waals surface area (Å²) < 4.78 is 11.5. The third-order valence-electron chi connectivity index (χ3n) is 5.80. The highest BCUT2D eigenvalue weighted by Gasteiger charge is 2.40. The number of hydrogen-bond donors (Lipinski definition) is 2. The number of ether oxygens (including phenoxy) is 2. The van der Waals surface area contributed by atoms with Crippen molar-refractivity contribution in [2.75, 3.05) is 26.8 Å². The van der Waals surface area contributed by atoms with Gasteiger partial charge in [0.25, 0.3) is 0 Å². The first-order valence-corrected chi connectivity index (χ1v) is 10.4. The molecule has 0 saturated carbocycles. The molecule has 0 aliphatic carbocycles. The fourth-order valence-corrected chi connectivity index (χ4v) is 4.16. The van der Waals surface area contributed by atoms with Gasteiger partial charge < -0.3 is 19.9 Å². The summed E-state index contributed by atoms with van der Waals surface area (Å²) in [6, 6.07) is 16.0. The molecule has 0 radical (unpaired) electrons. The van der Waals surface area contributed by atoms with E-state index < -0.39 is 5.60 Å². The molecule has 2 unspecified atom stereocenters. The molecule has 28 heavy (non-hydrogen) atoms. The van der Waals surface area contributed by atoms with Gasteiger partial charge in [-0.3, -0.25) is 0 Å². The minimum Gasteiger partial charge on any atom is -0.457 e. The largest absolute Gasteiger partial charge is 0.457 e. The second-order valence-electron chi connectivity index (χ2n) is 7.78. The Bertz CT molecular complexity index is 742. The maximum atomic E-state index is 12.0. The predicted octanol–water partition coefficient (Wildman–Crippen LogP) is 4.79. The Morgan fingerprint density at radius 3 is 2.54 bits per heavy atom. The fourth-order valence-electron chi connectivity index (χ4n) is 4.16. The Morgan fingerprint density at radius 2 is 1.82 bits per heavy atom. The first-order chi connectivity index (χ1) is 13.6. The van der Waals surface area contributed by atoms with Crippen LogP contribution in [-0.2, 0) is 10.3 Å². The average molecular weight is 384 g/mol. The van der Waals surface area contributed by atoms with Crippen LogP contribution >= 0.6 is 0 Å². The van der Waals surface area contributed by atoms with Crippen LogP contribution in [0, 0.1) is 12.8 Å². The molecule has 1 aliphatic rings. The lowest BCUT2D eigenvalue weighted by atomic mass is 9.74. The van der Waals surface area contributed by atoms with Crippen LogP contribution in [0.1, 0.15) is 43.2 Å². The van der Waals surface area contributed by atoms with Crippen molar-refractivity contribution < 1.29 is 14.6 Å². The third kappa shape index (κ3) is 4.93. The number of aryl methyl sites for hydroxylation is 1. The maximum absolute atomic E-state index is 12.0. The molecular formula is C24H33NO3. The summed E-state index contributed by atoms with van der Waals surface area (Å²) in [5, 5.41) is 15.4. The minimum atomic E-state index is -0.916. The summed E-state index contributed by atoms with van der Waals surface area (Å²) in [4.78, 5) is 0. The van der Waals surface area contributed by atoms with E-state index in [0.717, 1.165) is 68.0 Å². The number of nitrogens with one attached hydrogen (secondary N) is 1. The molecule has 152 valence electrons. The van der Waals surface area contributed by atoms with Gasteiger partial charge in [0.2, 0.25) is 0 Å². The molecule has 4 nitrogen and oxygen atoms in total.